The van der Waals surface area contributed by atoms with Crippen LogP contribution < -0.4 is 5.73 Å². The third-order valence-corrected chi connectivity index (χ3v) is 2.66. The number of rotatable bonds is 0. The predicted octanol–water partition coefficient (Wildman–Crippen LogP) is 1.71. The SMILES string of the molecule is Cc1nc2c(N)nc3ccccc3c2n1O. The molecule has 3 N–H and O–H groups in total. The van der Waals surface area contributed by atoms with Crippen molar-refractivity contribution in [3.05, 3.63) is 30.1 Å². The fourth-order valence-corrected chi connectivity index (χ4v) is 1.90. The molecule has 5 heteroatoms. The Bertz CT molecular complexity index is 702. The molecular formula is C11H10N4O. The van der Waals surface area contributed by atoms with Crippen LogP contribution in [-0.4, -0.2) is 19.9 Å². The van der Waals surface area contributed by atoms with Crippen molar-refractivity contribution >= 4 is 27.8 Å². The number of aromatic nitrogens is 3. The highest BCUT2D eigenvalue weighted by atomic mass is 16.5. The van der Waals surface area contributed by atoms with Crippen LogP contribution in [-0.2, 0) is 0 Å². The van der Waals surface area contributed by atoms with Gasteiger partial charge in [0.15, 0.2) is 5.82 Å². The fourth-order valence-electron chi connectivity index (χ4n) is 1.90. The van der Waals surface area contributed by atoms with E-state index in [0.29, 0.717) is 22.7 Å². The summed E-state index contributed by atoms with van der Waals surface area (Å²) in [5, 5.41) is 10.7. The molecule has 0 aliphatic rings. The number of benzene rings is 1. The van der Waals surface area contributed by atoms with E-state index in [4.69, 9.17) is 5.73 Å². The van der Waals surface area contributed by atoms with Crippen LogP contribution in [0.3, 0.4) is 0 Å². The lowest BCUT2D eigenvalue weighted by atomic mass is 10.2. The Labute approximate surface area is 91.1 Å². The first-order valence-electron chi connectivity index (χ1n) is 4.91. The van der Waals surface area contributed by atoms with Crippen LogP contribution in [0.2, 0.25) is 0 Å². The van der Waals surface area contributed by atoms with Crippen molar-refractivity contribution in [1.82, 2.24) is 14.7 Å². The zero-order chi connectivity index (χ0) is 11.3. The Morgan fingerprint density at radius 2 is 2.00 bits per heavy atom. The van der Waals surface area contributed by atoms with Gasteiger partial charge in [0.1, 0.15) is 16.9 Å². The van der Waals surface area contributed by atoms with E-state index in [1.54, 1.807) is 6.92 Å². The number of nitrogens with zero attached hydrogens (tertiary/aromatic N) is 3. The van der Waals surface area contributed by atoms with Crippen LogP contribution in [0.1, 0.15) is 5.82 Å². The third-order valence-electron chi connectivity index (χ3n) is 2.66. The molecule has 3 rings (SSSR count). The Morgan fingerprint density at radius 1 is 1.25 bits per heavy atom. The molecule has 0 fully saturated rings. The molecule has 3 aromatic rings. The van der Waals surface area contributed by atoms with Crippen LogP contribution in [0.25, 0.3) is 21.9 Å². The Hall–Kier alpha value is -2.30. The fraction of sp³-hybridized carbons (Fsp3) is 0.0909. The van der Waals surface area contributed by atoms with Crippen molar-refractivity contribution in [2.75, 3.05) is 5.73 Å². The molecule has 16 heavy (non-hydrogen) atoms. The van der Waals surface area contributed by atoms with Gasteiger partial charge in [-0.2, -0.15) is 4.73 Å². The minimum Gasteiger partial charge on any atom is -0.427 e. The molecule has 0 saturated carbocycles. The number of para-hydroxylation sites is 1. The van der Waals surface area contributed by atoms with Crippen molar-refractivity contribution in [2.45, 2.75) is 6.92 Å². The number of fused-ring (bicyclic) bond motifs is 3. The van der Waals surface area contributed by atoms with Gasteiger partial charge in [0.2, 0.25) is 0 Å². The van der Waals surface area contributed by atoms with E-state index in [0.717, 1.165) is 15.6 Å². The normalized spacial score (nSPS) is 11.3. The van der Waals surface area contributed by atoms with Gasteiger partial charge in [0, 0.05) is 5.39 Å². The number of nitrogen functional groups attached to an aromatic ring is 1. The molecule has 2 heterocycles. The van der Waals surface area contributed by atoms with Gasteiger partial charge < -0.3 is 10.9 Å². The molecule has 0 bridgehead atoms. The van der Waals surface area contributed by atoms with Crippen molar-refractivity contribution in [3.8, 4) is 0 Å². The molecule has 80 valence electrons. The van der Waals surface area contributed by atoms with Gasteiger partial charge in [-0.3, -0.25) is 0 Å². The van der Waals surface area contributed by atoms with Crippen LogP contribution in [0.15, 0.2) is 24.3 Å². The maximum absolute atomic E-state index is 9.89. The molecule has 0 spiro atoms. The summed E-state index contributed by atoms with van der Waals surface area (Å²) in [5.74, 6) is 0.837. The summed E-state index contributed by atoms with van der Waals surface area (Å²) in [6.07, 6.45) is 0. The van der Waals surface area contributed by atoms with Gasteiger partial charge in [-0.25, -0.2) is 9.97 Å². The number of aryl methyl sites for hydroxylation is 1. The van der Waals surface area contributed by atoms with Crippen LogP contribution in [0, 0.1) is 6.92 Å². The summed E-state index contributed by atoms with van der Waals surface area (Å²) in [5.41, 5.74) is 7.71. The molecule has 0 saturated heterocycles. The molecule has 2 aromatic heterocycles. The number of pyridine rings is 1. The van der Waals surface area contributed by atoms with E-state index in [9.17, 15) is 5.21 Å². The van der Waals surface area contributed by atoms with Crippen LogP contribution in [0.4, 0.5) is 5.82 Å². The van der Waals surface area contributed by atoms with E-state index in [1.165, 1.54) is 0 Å². The molecule has 0 amide bonds. The maximum Gasteiger partial charge on any atom is 0.152 e. The molecule has 0 aliphatic heterocycles. The lowest BCUT2D eigenvalue weighted by Gasteiger charge is -2.02. The second-order valence-corrected chi connectivity index (χ2v) is 3.68. The van der Waals surface area contributed by atoms with E-state index in [2.05, 4.69) is 9.97 Å². The highest BCUT2D eigenvalue weighted by Gasteiger charge is 2.13. The zero-order valence-electron chi connectivity index (χ0n) is 8.68. The smallest absolute Gasteiger partial charge is 0.152 e. The minimum atomic E-state index is 0.338. The number of nitrogens with two attached hydrogens (primary N) is 1. The van der Waals surface area contributed by atoms with Gasteiger partial charge in [0.25, 0.3) is 0 Å². The van der Waals surface area contributed by atoms with Crippen molar-refractivity contribution in [1.29, 1.82) is 0 Å². The van der Waals surface area contributed by atoms with Gasteiger partial charge in [-0.1, -0.05) is 18.2 Å². The van der Waals surface area contributed by atoms with E-state index in [1.807, 2.05) is 24.3 Å². The molecule has 1 aromatic carbocycles. The number of hydrogen-bond acceptors (Lipinski definition) is 4. The van der Waals surface area contributed by atoms with E-state index in [-0.39, 0.29) is 0 Å². The largest absolute Gasteiger partial charge is 0.427 e. The van der Waals surface area contributed by atoms with Crippen molar-refractivity contribution < 1.29 is 5.21 Å². The molecular weight excluding hydrogens is 204 g/mol. The second-order valence-electron chi connectivity index (χ2n) is 3.68. The van der Waals surface area contributed by atoms with Crippen molar-refractivity contribution in [2.24, 2.45) is 0 Å². The van der Waals surface area contributed by atoms with Crippen LogP contribution >= 0.6 is 0 Å². The summed E-state index contributed by atoms with van der Waals surface area (Å²) in [6, 6.07) is 7.51. The quantitative estimate of drug-likeness (QED) is 0.558. The molecule has 0 unspecified atom stereocenters. The summed E-state index contributed by atoms with van der Waals surface area (Å²) in [6.45, 7) is 1.72. The first-order valence-corrected chi connectivity index (χ1v) is 4.91. The standard InChI is InChI=1S/C11H10N4O/c1-6-13-9-10(15(6)16)7-4-2-3-5-8(7)14-11(9)12/h2-5,16H,1H3,(H2,12,14). The first-order chi connectivity index (χ1) is 7.68. The lowest BCUT2D eigenvalue weighted by Crippen LogP contribution is -1.96. The van der Waals surface area contributed by atoms with Gasteiger partial charge in [-0.05, 0) is 13.0 Å². The summed E-state index contributed by atoms with van der Waals surface area (Å²) in [7, 11) is 0. The highest BCUT2D eigenvalue weighted by Crippen LogP contribution is 2.27. The summed E-state index contributed by atoms with van der Waals surface area (Å²) < 4.78 is 1.05. The topological polar surface area (TPSA) is 77.0 Å². The Kier molecular flexibility index (Phi) is 1.60. The average molecular weight is 214 g/mol. The molecule has 0 atom stereocenters. The first kappa shape index (κ1) is 8.96. The number of imidazole rings is 1. The minimum absolute atomic E-state index is 0.338. The third kappa shape index (κ3) is 0.995. The monoisotopic (exact) mass is 214 g/mol. The Morgan fingerprint density at radius 3 is 2.81 bits per heavy atom. The highest BCUT2D eigenvalue weighted by molar-refractivity contribution is 6.06. The summed E-state index contributed by atoms with van der Waals surface area (Å²) >= 11 is 0. The molecule has 0 radical (unpaired) electrons. The predicted molar refractivity (Wildman–Crippen MR) is 61.4 cm³/mol. The maximum atomic E-state index is 9.89. The Balaban J connectivity index is 2.67. The van der Waals surface area contributed by atoms with Gasteiger partial charge in [0.05, 0.1) is 5.52 Å². The number of anilines is 1. The lowest BCUT2D eigenvalue weighted by molar-refractivity contribution is 0.191. The molecule has 0 aliphatic carbocycles. The van der Waals surface area contributed by atoms with Gasteiger partial charge >= 0.3 is 0 Å². The van der Waals surface area contributed by atoms with E-state index >= 15 is 0 Å². The average Bonchev–Trinajstić information content (AvgIpc) is 2.57. The zero-order valence-corrected chi connectivity index (χ0v) is 8.68. The second kappa shape index (κ2) is 2.85. The van der Waals surface area contributed by atoms with Crippen LogP contribution in [0.5, 0.6) is 0 Å². The van der Waals surface area contributed by atoms with Crippen molar-refractivity contribution in [3.63, 3.8) is 0 Å². The van der Waals surface area contributed by atoms with E-state index < -0.39 is 0 Å². The summed E-state index contributed by atoms with van der Waals surface area (Å²) in [4.78, 5) is 8.44. The number of hydrogen-bond donors (Lipinski definition) is 2. The van der Waals surface area contributed by atoms with Gasteiger partial charge in [-0.15, -0.1) is 0 Å². The molecule has 5 nitrogen and oxygen atoms in total.